The van der Waals surface area contributed by atoms with E-state index < -0.39 is 0 Å². The summed E-state index contributed by atoms with van der Waals surface area (Å²) in [6.07, 6.45) is 2.77. The van der Waals surface area contributed by atoms with Gasteiger partial charge in [-0.2, -0.15) is 0 Å². The van der Waals surface area contributed by atoms with Crippen molar-refractivity contribution in [1.82, 2.24) is 19.9 Å². The van der Waals surface area contributed by atoms with Crippen molar-refractivity contribution in [2.75, 3.05) is 6.54 Å². The third kappa shape index (κ3) is 2.40. The Morgan fingerprint density at radius 2 is 2.31 bits per heavy atom. The van der Waals surface area contributed by atoms with Crippen LogP contribution in [0.3, 0.4) is 0 Å². The first kappa shape index (κ1) is 11.1. The lowest BCUT2D eigenvalue weighted by Crippen LogP contribution is -2.11. The average molecular weight is 238 g/mol. The zero-order chi connectivity index (χ0) is 11.4. The van der Waals surface area contributed by atoms with E-state index in [9.17, 15) is 4.39 Å². The van der Waals surface area contributed by atoms with Gasteiger partial charge < -0.3 is 5.32 Å². The molecule has 0 fully saturated rings. The van der Waals surface area contributed by atoms with Gasteiger partial charge in [0.05, 0.1) is 11.1 Å². The summed E-state index contributed by atoms with van der Waals surface area (Å²) in [7, 11) is 0. The smallest absolute Gasteiger partial charge is 0.142 e. The molecule has 2 aromatic heterocycles. The fourth-order valence-corrected chi connectivity index (χ4v) is 1.96. The molecule has 0 aliphatic carbocycles. The van der Waals surface area contributed by atoms with Gasteiger partial charge in [-0.15, -0.1) is 5.10 Å². The Morgan fingerprint density at radius 1 is 1.44 bits per heavy atom. The lowest BCUT2D eigenvalue weighted by molar-refractivity contribution is 0.622. The number of hydrogen-bond donors (Lipinski definition) is 1. The van der Waals surface area contributed by atoms with Crippen LogP contribution in [0.5, 0.6) is 0 Å². The highest BCUT2D eigenvalue weighted by molar-refractivity contribution is 7.05. The van der Waals surface area contributed by atoms with Gasteiger partial charge in [0.2, 0.25) is 0 Å². The molecule has 0 aromatic carbocycles. The highest BCUT2D eigenvalue weighted by Gasteiger charge is 2.10. The Bertz CT molecular complexity index is 471. The molecule has 2 heterocycles. The quantitative estimate of drug-likeness (QED) is 0.883. The Kier molecular flexibility index (Phi) is 3.53. The second-order valence-electron chi connectivity index (χ2n) is 3.22. The van der Waals surface area contributed by atoms with E-state index >= 15 is 0 Å². The van der Waals surface area contributed by atoms with Crippen molar-refractivity contribution in [3.63, 3.8) is 0 Å². The molecule has 0 saturated carbocycles. The van der Waals surface area contributed by atoms with Gasteiger partial charge in [0.25, 0.3) is 0 Å². The van der Waals surface area contributed by atoms with Crippen molar-refractivity contribution in [1.29, 1.82) is 0 Å². The van der Waals surface area contributed by atoms with Crippen molar-refractivity contribution >= 4 is 11.5 Å². The van der Waals surface area contributed by atoms with Gasteiger partial charge in [-0.3, -0.25) is 4.98 Å². The van der Waals surface area contributed by atoms with Crippen molar-refractivity contribution < 1.29 is 4.39 Å². The average Bonchev–Trinajstić information content (AvgIpc) is 2.74. The zero-order valence-electron chi connectivity index (χ0n) is 8.77. The van der Waals surface area contributed by atoms with Gasteiger partial charge in [0, 0.05) is 18.3 Å². The highest BCUT2D eigenvalue weighted by Crippen LogP contribution is 2.23. The van der Waals surface area contributed by atoms with Crippen molar-refractivity contribution in [3.05, 3.63) is 29.2 Å². The number of halogens is 1. The first-order valence-electron chi connectivity index (χ1n) is 4.94. The third-order valence-corrected chi connectivity index (χ3v) is 2.79. The van der Waals surface area contributed by atoms with Crippen LogP contribution in [-0.2, 0) is 6.54 Å². The molecule has 4 nitrogen and oxygen atoms in total. The van der Waals surface area contributed by atoms with Gasteiger partial charge in [-0.05, 0) is 24.1 Å². The number of rotatable bonds is 4. The topological polar surface area (TPSA) is 50.7 Å². The molecule has 1 N–H and O–H groups in total. The molecule has 2 aromatic rings. The first-order chi connectivity index (χ1) is 7.81. The van der Waals surface area contributed by atoms with Crippen LogP contribution in [0.1, 0.15) is 11.8 Å². The lowest BCUT2D eigenvalue weighted by atomic mass is 10.2. The van der Waals surface area contributed by atoms with Crippen LogP contribution in [0.15, 0.2) is 18.5 Å². The van der Waals surface area contributed by atoms with E-state index in [1.165, 1.54) is 23.8 Å². The fourth-order valence-electron chi connectivity index (χ4n) is 1.32. The van der Waals surface area contributed by atoms with Gasteiger partial charge in [0.15, 0.2) is 0 Å². The number of aromatic nitrogens is 3. The molecule has 6 heteroatoms. The Labute approximate surface area is 96.7 Å². The molecule has 0 bridgehead atoms. The Hall–Kier alpha value is -1.40. The van der Waals surface area contributed by atoms with Crippen molar-refractivity contribution in [3.8, 4) is 11.3 Å². The maximum atomic E-state index is 13.0. The SMILES string of the molecule is CCNCc1snnc1-c1cncc(F)c1. The molecular formula is C10H11FN4S. The molecule has 2 rings (SSSR count). The second-order valence-corrected chi connectivity index (χ2v) is 4.06. The number of pyridine rings is 1. The first-order valence-corrected chi connectivity index (χ1v) is 5.71. The molecular weight excluding hydrogens is 227 g/mol. The lowest BCUT2D eigenvalue weighted by Gasteiger charge is -2.01. The summed E-state index contributed by atoms with van der Waals surface area (Å²) < 4.78 is 16.9. The summed E-state index contributed by atoms with van der Waals surface area (Å²) in [5, 5.41) is 7.19. The van der Waals surface area contributed by atoms with E-state index in [-0.39, 0.29) is 5.82 Å². The summed E-state index contributed by atoms with van der Waals surface area (Å²) in [5.41, 5.74) is 1.37. The molecule has 0 spiro atoms. The second kappa shape index (κ2) is 5.09. The van der Waals surface area contributed by atoms with Crippen LogP contribution in [0.25, 0.3) is 11.3 Å². The summed E-state index contributed by atoms with van der Waals surface area (Å²) in [6, 6.07) is 1.42. The monoisotopic (exact) mass is 238 g/mol. The molecule has 0 aliphatic rings. The van der Waals surface area contributed by atoms with Crippen LogP contribution in [-0.4, -0.2) is 21.1 Å². The molecule has 0 unspecified atom stereocenters. The number of hydrogen-bond acceptors (Lipinski definition) is 5. The summed E-state index contributed by atoms with van der Waals surface area (Å²) in [4.78, 5) is 4.80. The van der Waals surface area contributed by atoms with E-state index in [1.54, 1.807) is 6.20 Å². The Morgan fingerprint density at radius 3 is 3.06 bits per heavy atom. The van der Waals surface area contributed by atoms with Gasteiger partial charge >= 0.3 is 0 Å². The van der Waals surface area contributed by atoms with Crippen LogP contribution in [0.4, 0.5) is 4.39 Å². The zero-order valence-corrected chi connectivity index (χ0v) is 9.59. The normalized spacial score (nSPS) is 10.6. The molecule has 0 atom stereocenters. The highest BCUT2D eigenvalue weighted by atomic mass is 32.1. The molecule has 84 valence electrons. The molecule has 0 amide bonds. The van der Waals surface area contributed by atoms with Crippen LogP contribution >= 0.6 is 11.5 Å². The van der Waals surface area contributed by atoms with Crippen LogP contribution < -0.4 is 5.32 Å². The van der Waals surface area contributed by atoms with E-state index in [0.717, 1.165) is 11.4 Å². The minimum Gasteiger partial charge on any atom is -0.312 e. The maximum Gasteiger partial charge on any atom is 0.142 e. The van der Waals surface area contributed by atoms with Gasteiger partial charge in [0.1, 0.15) is 11.5 Å². The predicted molar refractivity (Wildman–Crippen MR) is 60.5 cm³/mol. The summed E-state index contributed by atoms with van der Waals surface area (Å²) in [6.45, 7) is 3.59. The largest absolute Gasteiger partial charge is 0.312 e. The van der Waals surface area contributed by atoms with E-state index in [0.29, 0.717) is 17.8 Å². The van der Waals surface area contributed by atoms with Crippen LogP contribution in [0, 0.1) is 5.82 Å². The fraction of sp³-hybridized carbons (Fsp3) is 0.300. The number of nitrogens with zero attached hydrogens (tertiary/aromatic N) is 3. The molecule has 0 aliphatic heterocycles. The molecule has 16 heavy (non-hydrogen) atoms. The summed E-state index contributed by atoms with van der Waals surface area (Å²) >= 11 is 1.32. The van der Waals surface area contributed by atoms with Gasteiger partial charge in [-0.25, -0.2) is 4.39 Å². The third-order valence-electron chi connectivity index (χ3n) is 2.07. The molecule has 0 radical (unpaired) electrons. The number of nitrogens with one attached hydrogen (secondary N) is 1. The van der Waals surface area contributed by atoms with Crippen LogP contribution in [0.2, 0.25) is 0 Å². The van der Waals surface area contributed by atoms with E-state index in [4.69, 9.17) is 0 Å². The van der Waals surface area contributed by atoms with E-state index in [1.807, 2.05) is 6.92 Å². The predicted octanol–water partition coefficient (Wildman–Crippen LogP) is 1.85. The maximum absolute atomic E-state index is 13.0. The summed E-state index contributed by atoms with van der Waals surface area (Å²) in [5.74, 6) is -0.361. The standard InChI is InChI=1S/C10H11FN4S/c1-2-12-6-9-10(14-15-16-9)7-3-8(11)5-13-4-7/h3-5,12H,2,6H2,1H3. The van der Waals surface area contributed by atoms with Gasteiger partial charge in [-0.1, -0.05) is 11.4 Å². The Balaban J connectivity index is 2.29. The van der Waals surface area contributed by atoms with E-state index in [2.05, 4.69) is 19.9 Å². The van der Waals surface area contributed by atoms with Crippen molar-refractivity contribution in [2.24, 2.45) is 0 Å². The minimum absolute atomic E-state index is 0.361. The van der Waals surface area contributed by atoms with Crippen molar-refractivity contribution in [2.45, 2.75) is 13.5 Å². The molecule has 0 saturated heterocycles. The minimum atomic E-state index is -0.361.